The van der Waals surface area contributed by atoms with Gasteiger partial charge >= 0.3 is 5.97 Å². The lowest BCUT2D eigenvalue weighted by Crippen LogP contribution is -2.24. The van der Waals surface area contributed by atoms with Gasteiger partial charge in [-0.1, -0.05) is 33.3 Å². The summed E-state index contributed by atoms with van der Waals surface area (Å²) >= 11 is 0. The number of nitrogens with zero attached hydrogens (tertiary/aromatic N) is 2. The molecule has 6 heteroatoms. The molecule has 1 aliphatic rings. The minimum absolute atomic E-state index is 0.0214. The maximum Gasteiger partial charge on any atom is 0.309 e. The molecule has 0 saturated carbocycles. The molecule has 0 spiro atoms. The number of unbranched alkanes of at least 4 members (excludes halogenated alkanes) is 1. The van der Waals surface area contributed by atoms with E-state index in [1.807, 2.05) is 13.0 Å². The molecule has 1 aromatic heterocycles. The van der Waals surface area contributed by atoms with Gasteiger partial charge in [-0.15, -0.1) is 0 Å². The predicted molar refractivity (Wildman–Crippen MR) is 115 cm³/mol. The van der Waals surface area contributed by atoms with E-state index in [-0.39, 0.29) is 6.42 Å². The van der Waals surface area contributed by atoms with Crippen LogP contribution in [0.5, 0.6) is 0 Å². The number of piperidine rings is 1. The third-order valence-corrected chi connectivity index (χ3v) is 3.65. The lowest BCUT2D eigenvalue weighted by Gasteiger charge is -2.16. The molecule has 0 aliphatic carbocycles. The van der Waals surface area contributed by atoms with Crippen molar-refractivity contribution in [3.63, 3.8) is 0 Å². The van der Waals surface area contributed by atoms with Crippen molar-refractivity contribution < 1.29 is 9.90 Å². The van der Waals surface area contributed by atoms with Crippen LogP contribution in [0.1, 0.15) is 45.7 Å². The third-order valence-electron chi connectivity index (χ3n) is 3.65. The Labute approximate surface area is 163 Å². The molecular formula is C21H34N4O2. The zero-order chi connectivity index (χ0) is 20.5. The summed E-state index contributed by atoms with van der Waals surface area (Å²) in [6, 6.07) is 3.54. The highest BCUT2D eigenvalue weighted by molar-refractivity contribution is 5.69. The van der Waals surface area contributed by atoms with Gasteiger partial charge in [-0.05, 0) is 49.9 Å². The summed E-state index contributed by atoms with van der Waals surface area (Å²) in [5.41, 5.74) is 3.86. The standard InChI is InChI=1S/C9H12N2O2.C8H12N2.C4H10/c1-2-10-8-4-3-7(11-6-8)5-9(12)13;1-7-5-10-4-3-8(7)6-9-2;1-3-4-2/h3-4,6,10H,2,5H2,1H3,(H,12,13);6,10H,1-5H2;3-4H2,1-2H3/b;8-6-;. The Morgan fingerprint density at radius 3 is 2.52 bits per heavy atom. The van der Waals surface area contributed by atoms with E-state index in [1.165, 1.54) is 18.4 Å². The highest BCUT2D eigenvalue weighted by Crippen LogP contribution is 2.14. The van der Waals surface area contributed by atoms with Gasteiger partial charge in [0.2, 0.25) is 0 Å². The Balaban J connectivity index is 0.000000428. The van der Waals surface area contributed by atoms with Crippen molar-refractivity contribution in [1.82, 2.24) is 10.3 Å². The van der Waals surface area contributed by atoms with Gasteiger partial charge in [-0.2, -0.15) is 0 Å². The number of aromatic nitrogens is 1. The minimum Gasteiger partial charge on any atom is -0.481 e. The lowest BCUT2D eigenvalue weighted by molar-refractivity contribution is -0.136. The second-order valence-electron chi connectivity index (χ2n) is 6.01. The van der Waals surface area contributed by atoms with Crippen LogP contribution < -0.4 is 10.6 Å². The summed E-state index contributed by atoms with van der Waals surface area (Å²) in [6.45, 7) is 16.4. The van der Waals surface area contributed by atoms with Gasteiger partial charge in [0.25, 0.3) is 0 Å². The van der Waals surface area contributed by atoms with E-state index >= 15 is 0 Å². The quantitative estimate of drug-likeness (QED) is 0.654. The van der Waals surface area contributed by atoms with Crippen LogP contribution in [-0.4, -0.2) is 42.4 Å². The van der Waals surface area contributed by atoms with Crippen LogP contribution in [0.15, 0.2) is 47.2 Å². The molecule has 0 aromatic carbocycles. The van der Waals surface area contributed by atoms with E-state index in [9.17, 15) is 4.79 Å². The predicted octanol–water partition coefficient (Wildman–Crippen LogP) is 4.07. The normalized spacial score (nSPS) is 14.3. The molecule has 1 aliphatic heterocycles. The van der Waals surface area contributed by atoms with Gasteiger partial charge in [0.05, 0.1) is 24.0 Å². The summed E-state index contributed by atoms with van der Waals surface area (Å²) in [5.74, 6) is -0.858. The van der Waals surface area contributed by atoms with Crippen molar-refractivity contribution in [2.75, 3.05) is 25.0 Å². The number of carbonyl (C=O) groups is 1. The number of hydrogen-bond acceptors (Lipinski definition) is 5. The molecule has 0 amide bonds. The summed E-state index contributed by atoms with van der Waals surface area (Å²) in [4.78, 5) is 18.0. The number of pyridine rings is 1. The van der Waals surface area contributed by atoms with Gasteiger partial charge in [-0.3, -0.25) is 14.8 Å². The molecule has 6 nitrogen and oxygen atoms in total. The van der Waals surface area contributed by atoms with Crippen LogP contribution in [0.25, 0.3) is 0 Å². The fourth-order valence-corrected chi connectivity index (χ4v) is 2.01. The van der Waals surface area contributed by atoms with Gasteiger partial charge < -0.3 is 15.7 Å². The van der Waals surface area contributed by atoms with Crippen LogP contribution in [0.3, 0.4) is 0 Å². The molecule has 2 rings (SSSR count). The smallest absolute Gasteiger partial charge is 0.309 e. The number of hydrogen-bond donors (Lipinski definition) is 3. The zero-order valence-electron chi connectivity index (χ0n) is 16.9. The van der Waals surface area contributed by atoms with Crippen LogP contribution >= 0.6 is 0 Å². The first kappa shape index (κ1) is 24.5. The molecule has 27 heavy (non-hydrogen) atoms. The Bertz CT molecular complexity index is 593. The van der Waals surface area contributed by atoms with Crippen LogP contribution in [0, 0.1) is 0 Å². The maximum atomic E-state index is 10.3. The van der Waals surface area contributed by atoms with Crippen molar-refractivity contribution in [3.05, 3.63) is 47.9 Å². The maximum absolute atomic E-state index is 10.3. The number of aliphatic carboxylic acids is 1. The molecule has 2 heterocycles. The van der Waals surface area contributed by atoms with Crippen LogP contribution in [0.4, 0.5) is 5.69 Å². The summed E-state index contributed by atoms with van der Waals surface area (Å²) in [7, 11) is 0. The first-order valence-electron chi connectivity index (χ1n) is 9.42. The van der Waals surface area contributed by atoms with Crippen LogP contribution in [0.2, 0.25) is 0 Å². The van der Waals surface area contributed by atoms with Gasteiger partial charge in [-0.25, -0.2) is 0 Å². The number of rotatable bonds is 6. The third kappa shape index (κ3) is 12.5. The van der Waals surface area contributed by atoms with Crippen molar-refractivity contribution >= 4 is 18.4 Å². The van der Waals surface area contributed by atoms with E-state index < -0.39 is 5.97 Å². The molecule has 0 bridgehead atoms. The van der Waals surface area contributed by atoms with Gasteiger partial charge in [0.15, 0.2) is 0 Å². The fourth-order valence-electron chi connectivity index (χ4n) is 2.01. The topological polar surface area (TPSA) is 86.6 Å². The first-order valence-corrected chi connectivity index (χ1v) is 9.42. The van der Waals surface area contributed by atoms with E-state index in [1.54, 1.807) is 18.5 Å². The minimum atomic E-state index is -0.858. The van der Waals surface area contributed by atoms with Crippen LogP contribution in [-0.2, 0) is 11.2 Å². The van der Waals surface area contributed by atoms with Crippen molar-refractivity contribution in [2.45, 2.75) is 46.5 Å². The monoisotopic (exact) mass is 374 g/mol. The van der Waals surface area contributed by atoms with Crippen molar-refractivity contribution in [1.29, 1.82) is 0 Å². The van der Waals surface area contributed by atoms with E-state index in [0.29, 0.717) is 5.69 Å². The van der Waals surface area contributed by atoms with E-state index in [4.69, 9.17) is 5.11 Å². The first-order chi connectivity index (χ1) is 13.0. The highest BCUT2D eigenvalue weighted by atomic mass is 16.4. The Kier molecular flexibility index (Phi) is 14.3. The highest BCUT2D eigenvalue weighted by Gasteiger charge is 2.07. The lowest BCUT2D eigenvalue weighted by atomic mass is 10.0. The van der Waals surface area contributed by atoms with Gasteiger partial charge in [0.1, 0.15) is 0 Å². The van der Waals surface area contributed by atoms with Crippen molar-refractivity contribution in [2.24, 2.45) is 4.99 Å². The molecule has 0 unspecified atom stereocenters. The van der Waals surface area contributed by atoms with Crippen molar-refractivity contribution in [3.8, 4) is 0 Å². The Hall–Kier alpha value is -2.47. The molecule has 1 fully saturated rings. The number of anilines is 1. The molecule has 1 aromatic rings. The molecule has 0 atom stereocenters. The summed E-state index contributed by atoms with van der Waals surface area (Å²) in [5, 5.41) is 14.8. The Morgan fingerprint density at radius 2 is 2.07 bits per heavy atom. The molecular weight excluding hydrogens is 340 g/mol. The van der Waals surface area contributed by atoms with E-state index in [2.05, 4.69) is 47.8 Å². The molecule has 3 N–H and O–H groups in total. The SMILES string of the molecule is C=N/C=C1/CCNCC1=C.CCCC.CCNc1ccc(CC(=O)O)nc1. The second-order valence-corrected chi connectivity index (χ2v) is 6.01. The average molecular weight is 375 g/mol. The Morgan fingerprint density at radius 1 is 1.37 bits per heavy atom. The van der Waals surface area contributed by atoms with Gasteiger partial charge in [0, 0.05) is 19.3 Å². The number of carboxylic acids is 1. The number of aliphatic imine (C=N–C) groups is 1. The molecule has 0 radical (unpaired) electrons. The fraction of sp³-hybridized carbons (Fsp3) is 0.476. The second kappa shape index (κ2) is 15.8. The largest absolute Gasteiger partial charge is 0.481 e. The average Bonchev–Trinajstić information content (AvgIpc) is 2.66. The van der Waals surface area contributed by atoms with E-state index in [0.717, 1.165) is 37.3 Å². The number of carboxylic acid groups (broad SMARTS) is 1. The number of nitrogens with one attached hydrogen (secondary N) is 2. The molecule has 150 valence electrons. The summed E-state index contributed by atoms with van der Waals surface area (Å²) < 4.78 is 0. The molecule has 1 saturated heterocycles. The zero-order valence-corrected chi connectivity index (χ0v) is 16.9. The summed E-state index contributed by atoms with van der Waals surface area (Å²) in [6.07, 6.45) is 7.08.